The summed E-state index contributed by atoms with van der Waals surface area (Å²) in [6.07, 6.45) is 6.31. The first-order valence-corrected chi connectivity index (χ1v) is 9.80. The fourth-order valence-electron chi connectivity index (χ4n) is 3.47. The van der Waals surface area contributed by atoms with Crippen LogP contribution < -0.4 is 0 Å². The van der Waals surface area contributed by atoms with E-state index in [1.807, 2.05) is 62.5 Å². The number of amides is 1. The van der Waals surface area contributed by atoms with Crippen molar-refractivity contribution in [3.8, 4) is 6.07 Å². The van der Waals surface area contributed by atoms with E-state index in [4.69, 9.17) is 10.00 Å². The number of rotatable bonds is 4. The molecule has 1 aromatic carbocycles. The Morgan fingerprint density at radius 1 is 1.25 bits per heavy atom. The number of ether oxygens (including phenoxy) is 1. The van der Waals surface area contributed by atoms with Crippen molar-refractivity contribution in [3.63, 3.8) is 0 Å². The van der Waals surface area contributed by atoms with Crippen LogP contribution in [0.5, 0.6) is 0 Å². The maximum Gasteiger partial charge on any atom is 0.410 e. The van der Waals surface area contributed by atoms with Crippen molar-refractivity contribution >= 4 is 6.09 Å². The minimum absolute atomic E-state index is 0.213. The Hall–Kier alpha value is -2.81. The van der Waals surface area contributed by atoms with Gasteiger partial charge in [-0.15, -0.1) is 0 Å². The SMILES string of the molecule is CC(C)(C)OC(=O)N1CCC(Cn2cncc2Cc2ccc(C#N)cc2)CC1. The van der Waals surface area contributed by atoms with E-state index in [0.29, 0.717) is 11.5 Å². The zero-order valence-electron chi connectivity index (χ0n) is 16.9. The third-order valence-corrected chi connectivity index (χ3v) is 4.99. The highest BCUT2D eigenvalue weighted by atomic mass is 16.6. The van der Waals surface area contributed by atoms with Crippen molar-refractivity contribution in [2.45, 2.75) is 52.2 Å². The fraction of sp³-hybridized carbons (Fsp3) is 0.500. The molecular weight excluding hydrogens is 352 g/mol. The van der Waals surface area contributed by atoms with Gasteiger partial charge in [0.05, 0.1) is 18.0 Å². The smallest absolute Gasteiger partial charge is 0.410 e. The van der Waals surface area contributed by atoms with Crippen LogP contribution in [0, 0.1) is 17.2 Å². The predicted octanol–water partition coefficient (Wildman–Crippen LogP) is 3.99. The van der Waals surface area contributed by atoms with Crippen molar-refractivity contribution in [2.75, 3.05) is 13.1 Å². The van der Waals surface area contributed by atoms with E-state index in [0.717, 1.165) is 38.9 Å². The minimum atomic E-state index is -0.453. The average molecular weight is 380 g/mol. The summed E-state index contributed by atoms with van der Waals surface area (Å²) in [5.74, 6) is 0.521. The summed E-state index contributed by atoms with van der Waals surface area (Å²) in [7, 11) is 0. The number of likely N-dealkylation sites (tertiary alicyclic amines) is 1. The highest BCUT2D eigenvalue weighted by Crippen LogP contribution is 2.22. The Labute approximate surface area is 166 Å². The van der Waals surface area contributed by atoms with Crippen molar-refractivity contribution in [2.24, 2.45) is 5.92 Å². The van der Waals surface area contributed by atoms with Crippen LogP contribution in [0.25, 0.3) is 0 Å². The Kier molecular flexibility index (Phi) is 6.03. The van der Waals surface area contributed by atoms with E-state index in [-0.39, 0.29) is 6.09 Å². The van der Waals surface area contributed by atoms with Gasteiger partial charge in [-0.05, 0) is 57.2 Å². The summed E-state index contributed by atoms with van der Waals surface area (Å²) < 4.78 is 7.69. The lowest BCUT2D eigenvalue weighted by atomic mass is 9.96. The second-order valence-electron chi connectivity index (χ2n) is 8.43. The van der Waals surface area contributed by atoms with Gasteiger partial charge >= 0.3 is 6.09 Å². The molecule has 1 aromatic heterocycles. The number of carbonyl (C=O) groups is 1. The summed E-state index contributed by atoms with van der Waals surface area (Å²) in [6.45, 7) is 8.07. The van der Waals surface area contributed by atoms with Crippen LogP contribution in [0.4, 0.5) is 4.79 Å². The quantitative estimate of drug-likeness (QED) is 0.804. The predicted molar refractivity (Wildman–Crippen MR) is 107 cm³/mol. The molecule has 6 heteroatoms. The van der Waals surface area contributed by atoms with Crippen LogP contribution >= 0.6 is 0 Å². The summed E-state index contributed by atoms with van der Waals surface area (Å²) in [4.78, 5) is 18.3. The normalized spacial score (nSPS) is 15.3. The highest BCUT2D eigenvalue weighted by Gasteiger charge is 2.27. The zero-order chi connectivity index (χ0) is 20.1. The molecule has 2 heterocycles. The van der Waals surface area contributed by atoms with Crippen molar-refractivity contribution in [1.29, 1.82) is 5.26 Å². The number of nitriles is 1. The third kappa shape index (κ3) is 5.35. The van der Waals surface area contributed by atoms with E-state index in [2.05, 4.69) is 15.6 Å². The van der Waals surface area contributed by atoms with Crippen molar-refractivity contribution in [3.05, 3.63) is 53.6 Å². The molecule has 1 fully saturated rings. The Bertz CT molecular complexity index is 835. The fourth-order valence-corrected chi connectivity index (χ4v) is 3.47. The summed E-state index contributed by atoms with van der Waals surface area (Å²) in [6, 6.07) is 9.84. The van der Waals surface area contributed by atoms with Crippen LogP contribution in [0.15, 0.2) is 36.8 Å². The molecule has 1 saturated heterocycles. The van der Waals surface area contributed by atoms with Gasteiger partial charge in [0.25, 0.3) is 0 Å². The van der Waals surface area contributed by atoms with Crippen LogP contribution in [-0.4, -0.2) is 39.2 Å². The molecule has 0 saturated carbocycles. The molecule has 0 spiro atoms. The number of benzene rings is 1. The molecule has 0 radical (unpaired) electrons. The number of hydrogen-bond donors (Lipinski definition) is 0. The molecule has 2 aromatic rings. The van der Waals surface area contributed by atoms with Crippen LogP contribution in [0.2, 0.25) is 0 Å². The number of nitrogens with zero attached hydrogens (tertiary/aromatic N) is 4. The van der Waals surface area contributed by atoms with E-state index < -0.39 is 5.60 Å². The third-order valence-electron chi connectivity index (χ3n) is 4.99. The number of hydrogen-bond acceptors (Lipinski definition) is 4. The van der Waals surface area contributed by atoms with E-state index in [1.54, 1.807) is 0 Å². The van der Waals surface area contributed by atoms with Crippen LogP contribution in [-0.2, 0) is 17.7 Å². The van der Waals surface area contributed by atoms with Gasteiger partial charge in [0, 0.05) is 37.9 Å². The second kappa shape index (κ2) is 8.47. The Morgan fingerprint density at radius 2 is 1.93 bits per heavy atom. The molecule has 148 valence electrons. The summed E-state index contributed by atoms with van der Waals surface area (Å²) >= 11 is 0. The molecule has 0 bridgehead atoms. The molecule has 1 aliphatic rings. The molecule has 0 aliphatic carbocycles. The molecule has 3 rings (SSSR count). The molecule has 0 atom stereocenters. The number of carbonyl (C=O) groups excluding carboxylic acids is 1. The van der Waals surface area contributed by atoms with Crippen molar-refractivity contribution < 1.29 is 9.53 Å². The lowest BCUT2D eigenvalue weighted by Gasteiger charge is -2.33. The molecule has 0 N–H and O–H groups in total. The highest BCUT2D eigenvalue weighted by molar-refractivity contribution is 5.68. The Balaban J connectivity index is 1.54. The number of imidazole rings is 1. The van der Waals surface area contributed by atoms with Gasteiger partial charge in [0.15, 0.2) is 0 Å². The van der Waals surface area contributed by atoms with Gasteiger partial charge in [-0.2, -0.15) is 5.26 Å². The topological polar surface area (TPSA) is 71.2 Å². The number of aromatic nitrogens is 2. The number of piperidine rings is 1. The molecule has 28 heavy (non-hydrogen) atoms. The first kappa shape index (κ1) is 19.9. The van der Waals surface area contributed by atoms with E-state index >= 15 is 0 Å². The van der Waals surface area contributed by atoms with Crippen LogP contribution in [0.1, 0.15) is 50.4 Å². The first-order valence-electron chi connectivity index (χ1n) is 9.80. The summed E-state index contributed by atoms with van der Waals surface area (Å²) in [5.41, 5.74) is 2.55. The minimum Gasteiger partial charge on any atom is -0.444 e. The van der Waals surface area contributed by atoms with Gasteiger partial charge in [-0.3, -0.25) is 0 Å². The Morgan fingerprint density at radius 3 is 2.54 bits per heavy atom. The van der Waals surface area contributed by atoms with E-state index in [1.165, 1.54) is 11.3 Å². The van der Waals surface area contributed by atoms with Crippen molar-refractivity contribution in [1.82, 2.24) is 14.5 Å². The largest absolute Gasteiger partial charge is 0.444 e. The summed E-state index contributed by atoms with van der Waals surface area (Å²) in [5, 5.41) is 8.92. The molecule has 0 unspecified atom stereocenters. The van der Waals surface area contributed by atoms with Gasteiger partial charge < -0.3 is 14.2 Å². The lowest BCUT2D eigenvalue weighted by Crippen LogP contribution is -2.42. The second-order valence-corrected chi connectivity index (χ2v) is 8.43. The van der Waals surface area contributed by atoms with Gasteiger partial charge in [0.1, 0.15) is 5.60 Å². The van der Waals surface area contributed by atoms with E-state index in [9.17, 15) is 4.79 Å². The van der Waals surface area contributed by atoms with Gasteiger partial charge in [-0.1, -0.05) is 12.1 Å². The maximum atomic E-state index is 12.2. The zero-order valence-corrected chi connectivity index (χ0v) is 16.9. The standard InChI is InChI=1S/C22H28N4O2/c1-22(2,3)28-21(27)25-10-8-19(9-11-25)15-26-16-24-14-20(26)12-17-4-6-18(13-23)7-5-17/h4-7,14,16,19H,8-12,15H2,1-3H3. The molecule has 6 nitrogen and oxygen atoms in total. The van der Waals surface area contributed by atoms with Gasteiger partial charge in [-0.25, -0.2) is 9.78 Å². The molecule has 1 aliphatic heterocycles. The van der Waals surface area contributed by atoms with Crippen LogP contribution in [0.3, 0.4) is 0 Å². The molecule has 1 amide bonds. The first-order chi connectivity index (χ1) is 13.3. The lowest BCUT2D eigenvalue weighted by molar-refractivity contribution is 0.0178. The maximum absolute atomic E-state index is 12.2. The monoisotopic (exact) mass is 380 g/mol. The van der Waals surface area contributed by atoms with Gasteiger partial charge in [0.2, 0.25) is 0 Å². The average Bonchev–Trinajstić information content (AvgIpc) is 3.08. The molecular formula is C22H28N4O2.